The minimum atomic E-state index is -0.752. The Hall–Kier alpha value is -2.37. The van der Waals surface area contributed by atoms with Crippen LogP contribution in [0.3, 0.4) is 0 Å². The van der Waals surface area contributed by atoms with Crippen molar-refractivity contribution in [2.24, 2.45) is 0 Å². The van der Waals surface area contributed by atoms with E-state index in [-0.39, 0.29) is 6.61 Å². The Balaban J connectivity index is 1.44. The zero-order valence-corrected chi connectivity index (χ0v) is 18.9. The van der Waals surface area contributed by atoms with E-state index in [1.54, 1.807) is 26.0 Å². The average Bonchev–Trinajstić information content (AvgIpc) is 3.14. The van der Waals surface area contributed by atoms with Crippen molar-refractivity contribution in [3.05, 3.63) is 48.5 Å². The molecule has 168 valence electrons. The molecule has 1 atom stereocenters. The minimum Gasteiger partial charge on any atom is -0.494 e. The molecule has 2 aromatic carbocycles. The largest absolute Gasteiger partial charge is 0.494 e. The summed E-state index contributed by atoms with van der Waals surface area (Å²) in [7, 11) is 0. The molecule has 3 rings (SSSR count). The summed E-state index contributed by atoms with van der Waals surface area (Å²) in [6.07, 6.45) is 6.85. The van der Waals surface area contributed by atoms with E-state index in [4.69, 9.17) is 18.9 Å². The normalized spacial score (nSPS) is 17.5. The van der Waals surface area contributed by atoms with Gasteiger partial charge in [0.1, 0.15) is 11.5 Å². The van der Waals surface area contributed by atoms with Crippen molar-refractivity contribution in [1.29, 1.82) is 0 Å². The minimum absolute atomic E-state index is 0.206. The Morgan fingerprint density at radius 3 is 2.06 bits per heavy atom. The van der Waals surface area contributed by atoms with Crippen LogP contribution in [0.25, 0.3) is 11.1 Å². The van der Waals surface area contributed by atoms with Crippen molar-refractivity contribution >= 4 is 5.97 Å². The summed E-state index contributed by atoms with van der Waals surface area (Å²) in [4.78, 5) is 12.2. The predicted molar refractivity (Wildman–Crippen MR) is 121 cm³/mol. The van der Waals surface area contributed by atoms with Gasteiger partial charge in [-0.1, -0.05) is 63.3 Å². The third kappa shape index (κ3) is 7.37. The molecule has 0 spiro atoms. The molecule has 1 aliphatic heterocycles. The topological polar surface area (TPSA) is 54.0 Å². The molecule has 31 heavy (non-hydrogen) atoms. The summed E-state index contributed by atoms with van der Waals surface area (Å²) >= 11 is 0. The van der Waals surface area contributed by atoms with Crippen LogP contribution in [0, 0.1) is 0 Å². The van der Waals surface area contributed by atoms with Gasteiger partial charge in [-0.3, -0.25) is 0 Å². The van der Waals surface area contributed by atoms with Gasteiger partial charge in [-0.2, -0.15) is 0 Å². The first-order valence-electron chi connectivity index (χ1n) is 11.3. The summed E-state index contributed by atoms with van der Waals surface area (Å²) in [5, 5.41) is 0. The van der Waals surface area contributed by atoms with Gasteiger partial charge in [0.25, 0.3) is 0 Å². The zero-order valence-electron chi connectivity index (χ0n) is 18.9. The van der Waals surface area contributed by atoms with Gasteiger partial charge in [0.05, 0.1) is 13.2 Å². The molecule has 0 bridgehead atoms. The number of ether oxygens (including phenoxy) is 4. The number of hydrogen-bond donors (Lipinski definition) is 0. The Morgan fingerprint density at radius 2 is 1.48 bits per heavy atom. The molecule has 5 nitrogen and oxygen atoms in total. The smallest absolute Gasteiger partial charge is 0.343 e. The maximum Gasteiger partial charge on any atom is 0.343 e. The second-order valence-corrected chi connectivity index (χ2v) is 8.40. The lowest BCUT2D eigenvalue weighted by atomic mass is 10.1. The highest BCUT2D eigenvalue weighted by molar-refractivity contribution is 5.78. The fourth-order valence-electron chi connectivity index (χ4n) is 3.52. The Bertz CT molecular complexity index is 811. The second-order valence-electron chi connectivity index (χ2n) is 8.40. The molecule has 1 aliphatic rings. The first-order chi connectivity index (χ1) is 15.0. The molecule has 5 heteroatoms. The van der Waals surface area contributed by atoms with E-state index in [1.165, 1.54) is 32.1 Å². The van der Waals surface area contributed by atoms with Gasteiger partial charge in [-0.15, -0.1) is 0 Å². The highest BCUT2D eigenvalue weighted by Crippen LogP contribution is 2.27. The van der Waals surface area contributed by atoms with Crippen LogP contribution in [0.1, 0.15) is 59.3 Å². The highest BCUT2D eigenvalue weighted by Gasteiger charge is 2.38. The number of benzene rings is 2. The van der Waals surface area contributed by atoms with Crippen molar-refractivity contribution < 1.29 is 23.7 Å². The van der Waals surface area contributed by atoms with Gasteiger partial charge in [0, 0.05) is 0 Å². The van der Waals surface area contributed by atoms with Crippen LogP contribution < -0.4 is 9.47 Å². The Labute approximate surface area is 185 Å². The number of carbonyl (C=O) groups is 1. The second kappa shape index (κ2) is 11.3. The van der Waals surface area contributed by atoms with Crippen LogP contribution in [0.15, 0.2) is 48.5 Å². The predicted octanol–water partition coefficient (Wildman–Crippen LogP) is 6.15. The third-order valence-corrected chi connectivity index (χ3v) is 5.30. The lowest BCUT2D eigenvalue weighted by molar-refractivity contribution is -0.162. The van der Waals surface area contributed by atoms with Crippen LogP contribution in [0.4, 0.5) is 0 Å². The monoisotopic (exact) mass is 426 g/mol. The molecule has 0 radical (unpaired) electrons. The van der Waals surface area contributed by atoms with E-state index in [0.29, 0.717) is 5.75 Å². The van der Waals surface area contributed by atoms with Crippen LogP contribution in [-0.4, -0.2) is 31.1 Å². The maximum absolute atomic E-state index is 12.2. The van der Waals surface area contributed by atoms with E-state index in [1.807, 2.05) is 36.4 Å². The first-order valence-corrected chi connectivity index (χ1v) is 11.3. The molecule has 0 aromatic heterocycles. The number of carbonyl (C=O) groups excluding carboxylic acids is 1. The lowest BCUT2D eigenvalue weighted by Crippen LogP contribution is -2.30. The zero-order chi connectivity index (χ0) is 22.1. The van der Waals surface area contributed by atoms with Crippen molar-refractivity contribution in [3.63, 3.8) is 0 Å². The summed E-state index contributed by atoms with van der Waals surface area (Å²) in [6.45, 7) is 6.76. The van der Waals surface area contributed by atoms with Gasteiger partial charge >= 0.3 is 5.97 Å². The molecule has 0 unspecified atom stereocenters. The summed E-state index contributed by atoms with van der Waals surface area (Å²) < 4.78 is 22.2. The fraction of sp³-hybridized carbons (Fsp3) is 0.500. The van der Waals surface area contributed by atoms with Gasteiger partial charge in [-0.25, -0.2) is 4.79 Å². The molecular weight excluding hydrogens is 392 g/mol. The van der Waals surface area contributed by atoms with Crippen molar-refractivity contribution in [2.45, 2.75) is 71.2 Å². The fourth-order valence-corrected chi connectivity index (χ4v) is 3.52. The molecule has 0 aliphatic carbocycles. The SMILES string of the molecule is CCCCCCCCOc1ccc(-c2ccc(OC(=O)[C@H]3COC(C)(C)O3)cc2)cc1. The average molecular weight is 427 g/mol. The van der Waals surface area contributed by atoms with E-state index < -0.39 is 17.9 Å². The van der Waals surface area contributed by atoms with Crippen molar-refractivity contribution in [2.75, 3.05) is 13.2 Å². The van der Waals surface area contributed by atoms with E-state index in [0.717, 1.165) is 29.9 Å². The number of unbranched alkanes of at least 4 members (excludes halogenated alkanes) is 5. The summed E-state index contributed by atoms with van der Waals surface area (Å²) in [6, 6.07) is 15.5. The van der Waals surface area contributed by atoms with E-state index >= 15 is 0 Å². The van der Waals surface area contributed by atoms with Crippen LogP contribution >= 0.6 is 0 Å². The van der Waals surface area contributed by atoms with Crippen molar-refractivity contribution in [1.82, 2.24) is 0 Å². The summed E-state index contributed by atoms with van der Waals surface area (Å²) in [5.74, 6) is 0.189. The first kappa shape index (κ1) is 23.3. The molecule has 1 fully saturated rings. The van der Waals surface area contributed by atoms with Gasteiger partial charge in [0.15, 0.2) is 11.9 Å². The molecule has 0 saturated carbocycles. The number of esters is 1. The van der Waals surface area contributed by atoms with Crippen LogP contribution in [-0.2, 0) is 14.3 Å². The molecule has 0 amide bonds. The molecule has 2 aromatic rings. The number of rotatable bonds is 11. The number of hydrogen-bond acceptors (Lipinski definition) is 5. The molecule has 0 N–H and O–H groups in total. The standard InChI is InChI=1S/C26H34O5/c1-4-5-6-7-8-9-18-28-22-14-10-20(11-15-22)21-12-16-23(17-13-21)30-25(27)24-19-29-26(2,3)31-24/h10-17,24H,4-9,18-19H2,1-3H3/t24-/m1/s1. The molecule has 1 saturated heterocycles. The maximum atomic E-state index is 12.2. The van der Waals surface area contributed by atoms with Gasteiger partial charge in [-0.05, 0) is 55.7 Å². The quantitative estimate of drug-likeness (QED) is 0.245. The lowest BCUT2D eigenvalue weighted by Gasteiger charge is -2.16. The van der Waals surface area contributed by atoms with E-state index in [2.05, 4.69) is 6.92 Å². The van der Waals surface area contributed by atoms with E-state index in [9.17, 15) is 4.79 Å². The third-order valence-electron chi connectivity index (χ3n) is 5.30. The van der Waals surface area contributed by atoms with Crippen LogP contribution in [0.2, 0.25) is 0 Å². The van der Waals surface area contributed by atoms with Gasteiger partial charge in [0.2, 0.25) is 0 Å². The Kier molecular flexibility index (Phi) is 8.50. The molecular formula is C26H34O5. The van der Waals surface area contributed by atoms with Crippen LogP contribution in [0.5, 0.6) is 11.5 Å². The summed E-state index contributed by atoms with van der Waals surface area (Å²) in [5.41, 5.74) is 2.13. The highest BCUT2D eigenvalue weighted by atomic mass is 16.8. The van der Waals surface area contributed by atoms with Gasteiger partial charge < -0.3 is 18.9 Å². The van der Waals surface area contributed by atoms with Crippen molar-refractivity contribution in [3.8, 4) is 22.6 Å². The molecule has 1 heterocycles. The Morgan fingerprint density at radius 1 is 0.903 bits per heavy atom.